The van der Waals surface area contributed by atoms with Gasteiger partial charge in [0.25, 0.3) is 0 Å². The maximum absolute atomic E-state index is 12.4. The summed E-state index contributed by atoms with van der Waals surface area (Å²) in [7, 11) is 0. The molecular weight excluding hydrogens is 344 g/mol. The first kappa shape index (κ1) is 19.2. The maximum Gasteiger partial charge on any atom is 0.313 e. The molecule has 0 aromatic heterocycles. The molecule has 1 atom stereocenters. The summed E-state index contributed by atoms with van der Waals surface area (Å²) in [6.45, 7) is 6.41. The van der Waals surface area contributed by atoms with Crippen molar-refractivity contribution in [1.82, 2.24) is 4.90 Å². The van der Waals surface area contributed by atoms with Crippen molar-refractivity contribution in [2.75, 3.05) is 25.0 Å². The van der Waals surface area contributed by atoms with Gasteiger partial charge in [0.05, 0.1) is 23.2 Å². The van der Waals surface area contributed by atoms with Crippen LogP contribution in [0.3, 0.4) is 0 Å². The molecule has 6 nitrogen and oxygen atoms in total. The summed E-state index contributed by atoms with van der Waals surface area (Å²) >= 11 is 6.17. The second-order valence-electron chi connectivity index (χ2n) is 6.24. The number of nitrogens with zero attached hydrogens (tertiary/aromatic N) is 1. The average molecular weight is 367 g/mol. The second kappa shape index (κ2) is 8.34. The van der Waals surface area contributed by atoms with E-state index in [1.165, 1.54) is 4.90 Å². The molecule has 1 heterocycles. The van der Waals surface area contributed by atoms with E-state index in [0.717, 1.165) is 11.1 Å². The van der Waals surface area contributed by atoms with Gasteiger partial charge in [0.2, 0.25) is 0 Å². The fourth-order valence-electron chi connectivity index (χ4n) is 3.00. The van der Waals surface area contributed by atoms with Gasteiger partial charge in [-0.25, -0.2) is 0 Å². The van der Waals surface area contributed by atoms with E-state index in [9.17, 15) is 14.4 Å². The number of halogens is 1. The molecule has 0 saturated carbocycles. The van der Waals surface area contributed by atoms with Crippen molar-refractivity contribution < 1.29 is 19.1 Å². The molecule has 1 aromatic rings. The van der Waals surface area contributed by atoms with Crippen LogP contribution in [0.15, 0.2) is 12.1 Å². The molecule has 1 aliphatic rings. The van der Waals surface area contributed by atoms with Gasteiger partial charge in [0, 0.05) is 13.1 Å². The molecule has 2 rings (SSSR count). The number of aryl methyl sites for hydroxylation is 2. The molecule has 1 saturated heterocycles. The summed E-state index contributed by atoms with van der Waals surface area (Å²) in [6, 6.07) is 3.61. The molecule has 25 heavy (non-hydrogen) atoms. The number of esters is 1. The molecule has 0 spiro atoms. The van der Waals surface area contributed by atoms with Gasteiger partial charge in [0.15, 0.2) is 0 Å². The fraction of sp³-hybridized carbons (Fsp3) is 0.500. The zero-order chi connectivity index (χ0) is 18.6. The molecule has 0 aliphatic carbocycles. The van der Waals surface area contributed by atoms with E-state index in [2.05, 4.69) is 5.32 Å². The Kier molecular flexibility index (Phi) is 6.42. The Bertz CT molecular complexity index is 667. The van der Waals surface area contributed by atoms with Gasteiger partial charge in [-0.2, -0.15) is 0 Å². The summed E-state index contributed by atoms with van der Waals surface area (Å²) in [4.78, 5) is 38.0. The highest BCUT2D eigenvalue weighted by Crippen LogP contribution is 2.27. The highest BCUT2D eigenvalue weighted by atomic mass is 35.5. The highest BCUT2D eigenvalue weighted by molar-refractivity contribution is 6.41. The van der Waals surface area contributed by atoms with Crippen LogP contribution in [0.5, 0.6) is 0 Å². The Morgan fingerprint density at radius 2 is 2.04 bits per heavy atom. The lowest BCUT2D eigenvalue weighted by Crippen LogP contribution is -2.47. The molecule has 1 unspecified atom stereocenters. The van der Waals surface area contributed by atoms with Gasteiger partial charge in [0.1, 0.15) is 0 Å². The average Bonchev–Trinajstić information content (AvgIpc) is 2.57. The van der Waals surface area contributed by atoms with E-state index in [1.54, 1.807) is 13.0 Å². The number of carbonyl (C=O) groups excluding carboxylic acids is 3. The number of hydrogen-bond donors (Lipinski definition) is 1. The van der Waals surface area contributed by atoms with Crippen molar-refractivity contribution >= 4 is 35.1 Å². The summed E-state index contributed by atoms with van der Waals surface area (Å²) in [5.74, 6) is -2.11. The van der Waals surface area contributed by atoms with Crippen LogP contribution >= 0.6 is 11.6 Å². The van der Waals surface area contributed by atoms with Gasteiger partial charge in [-0.1, -0.05) is 17.7 Å². The number of benzene rings is 1. The predicted molar refractivity (Wildman–Crippen MR) is 95.5 cm³/mol. The smallest absolute Gasteiger partial charge is 0.313 e. The van der Waals surface area contributed by atoms with E-state index in [-0.39, 0.29) is 18.4 Å². The Hall–Kier alpha value is -2.08. The van der Waals surface area contributed by atoms with Crippen LogP contribution in [-0.2, 0) is 19.1 Å². The van der Waals surface area contributed by atoms with Gasteiger partial charge >= 0.3 is 17.8 Å². The Morgan fingerprint density at radius 1 is 1.32 bits per heavy atom. The van der Waals surface area contributed by atoms with Crippen LogP contribution in [0, 0.1) is 19.8 Å². The molecule has 1 aliphatic heterocycles. The number of rotatable bonds is 3. The number of amides is 2. The number of anilines is 1. The van der Waals surface area contributed by atoms with E-state index in [4.69, 9.17) is 16.3 Å². The highest BCUT2D eigenvalue weighted by Gasteiger charge is 2.32. The minimum atomic E-state index is -0.752. The van der Waals surface area contributed by atoms with Crippen molar-refractivity contribution in [1.29, 1.82) is 0 Å². The van der Waals surface area contributed by atoms with E-state index >= 15 is 0 Å². The lowest BCUT2D eigenvalue weighted by molar-refractivity contribution is -0.153. The third kappa shape index (κ3) is 4.72. The standard InChI is InChI=1S/C18H23ClN2O4/c1-4-25-18(24)13-6-5-7-21(10-13)17(23)16(22)20-15-12(3)8-11(2)9-14(15)19/h8-9,13H,4-7,10H2,1-3H3,(H,20,22). The van der Waals surface area contributed by atoms with Crippen molar-refractivity contribution in [3.05, 3.63) is 28.3 Å². The van der Waals surface area contributed by atoms with Crippen LogP contribution in [-0.4, -0.2) is 42.4 Å². The number of piperidine rings is 1. The Labute approximate surface area is 152 Å². The molecule has 7 heteroatoms. The Balaban J connectivity index is 2.05. The summed E-state index contributed by atoms with van der Waals surface area (Å²) < 4.78 is 5.01. The third-order valence-electron chi connectivity index (χ3n) is 4.19. The molecule has 1 aromatic carbocycles. The largest absolute Gasteiger partial charge is 0.466 e. The van der Waals surface area contributed by atoms with E-state index < -0.39 is 11.8 Å². The molecule has 1 fully saturated rings. The molecule has 0 bridgehead atoms. The quantitative estimate of drug-likeness (QED) is 0.659. The minimum absolute atomic E-state index is 0.200. The van der Waals surface area contributed by atoms with Crippen LogP contribution in [0.4, 0.5) is 5.69 Å². The van der Waals surface area contributed by atoms with Crippen molar-refractivity contribution in [3.63, 3.8) is 0 Å². The number of ether oxygens (including phenoxy) is 1. The molecule has 1 N–H and O–H groups in total. The zero-order valence-electron chi connectivity index (χ0n) is 14.7. The third-order valence-corrected chi connectivity index (χ3v) is 4.49. The second-order valence-corrected chi connectivity index (χ2v) is 6.64. The Morgan fingerprint density at radius 3 is 2.68 bits per heavy atom. The van der Waals surface area contributed by atoms with Gasteiger partial charge in [-0.3, -0.25) is 14.4 Å². The number of nitrogens with one attached hydrogen (secondary N) is 1. The normalized spacial score (nSPS) is 17.1. The van der Waals surface area contributed by atoms with Gasteiger partial charge < -0.3 is 15.0 Å². The lowest BCUT2D eigenvalue weighted by Gasteiger charge is -2.31. The van der Waals surface area contributed by atoms with Gasteiger partial charge in [-0.05, 0) is 50.8 Å². The SMILES string of the molecule is CCOC(=O)C1CCCN(C(=O)C(=O)Nc2c(C)cc(C)cc2Cl)C1. The molecule has 0 radical (unpaired) electrons. The topological polar surface area (TPSA) is 75.7 Å². The molecular formula is C18H23ClN2O4. The first-order chi connectivity index (χ1) is 11.8. The van der Waals surface area contributed by atoms with Crippen molar-refractivity contribution in [2.24, 2.45) is 5.92 Å². The predicted octanol–water partition coefficient (Wildman–Crippen LogP) is 2.70. The summed E-state index contributed by atoms with van der Waals surface area (Å²) in [5, 5.41) is 2.98. The number of carbonyl (C=O) groups is 3. The van der Waals surface area contributed by atoms with E-state index in [0.29, 0.717) is 36.7 Å². The van der Waals surface area contributed by atoms with Crippen molar-refractivity contribution in [2.45, 2.75) is 33.6 Å². The minimum Gasteiger partial charge on any atom is -0.466 e. The van der Waals surface area contributed by atoms with Crippen LogP contribution in [0.2, 0.25) is 5.02 Å². The summed E-state index contributed by atoms with van der Waals surface area (Å²) in [6.07, 6.45) is 1.32. The first-order valence-corrected chi connectivity index (χ1v) is 8.75. The number of likely N-dealkylation sites (tertiary alicyclic amines) is 1. The van der Waals surface area contributed by atoms with E-state index in [1.807, 2.05) is 19.9 Å². The van der Waals surface area contributed by atoms with Gasteiger partial charge in [-0.15, -0.1) is 0 Å². The molecule has 2 amide bonds. The van der Waals surface area contributed by atoms with Crippen molar-refractivity contribution in [3.8, 4) is 0 Å². The fourth-order valence-corrected chi connectivity index (χ4v) is 3.37. The van der Waals surface area contributed by atoms with Crippen LogP contribution in [0.25, 0.3) is 0 Å². The number of hydrogen-bond acceptors (Lipinski definition) is 4. The zero-order valence-corrected chi connectivity index (χ0v) is 15.5. The lowest BCUT2D eigenvalue weighted by atomic mass is 9.98. The van der Waals surface area contributed by atoms with Crippen LogP contribution in [0.1, 0.15) is 30.9 Å². The summed E-state index contributed by atoms with van der Waals surface area (Å²) in [5.41, 5.74) is 2.19. The maximum atomic E-state index is 12.4. The monoisotopic (exact) mass is 366 g/mol. The van der Waals surface area contributed by atoms with Crippen LogP contribution < -0.4 is 5.32 Å². The molecule has 136 valence electrons. The first-order valence-electron chi connectivity index (χ1n) is 8.37.